The Labute approximate surface area is 130 Å². The zero-order chi connectivity index (χ0) is 14.8. The molecule has 1 saturated carbocycles. The molecule has 8 heteroatoms. The molecule has 0 saturated heterocycles. The summed E-state index contributed by atoms with van der Waals surface area (Å²) in [5.74, 6) is -0.304. The van der Waals surface area contributed by atoms with Gasteiger partial charge in [0, 0.05) is 10.5 Å². The van der Waals surface area contributed by atoms with Gasteiger partial charge in [-0.05, 0) is 53.1 Å². The van der Waals surface area contributed by atoms with Crippen LogP contribution in [0, 0.1) is 5.92 Å². The number of halogens is 1. The number of carbonyl (C=O) groups is 1. The second kappa shape index (κ2) is 6.55. The molecule has 2 rings (SSSR count). The summed E-state index contributed by atoms with van der Waals surface area (Å²) in [7, 11) is -2.10. The third kappa shape index (κ3) is 3.60. The van der Waals surface area contributed by atoms with E-state index in [0.29, 0.717) is 34.4 Å². The number of rotatable bonds is 4. The van der Waals surface area contributed by atoms with Crippen LogP contribution in [-0.4, -0.2) is 27.5 Å². The van der Waals surface area contributed by atoms with E-state index < -0.39 is 10.0 Å². The van der Waals surface area contributed by atoms with E-state index in [4.69, 9.17) is 4.74 Å². The molecule has 5 nitrogen and oxygen atoms in total. The van der Waals surface area contributed by atoms with Crippen molar-refractivity contribution in [2.45, 2.75) is 35.9 Å². The van der Waals surface area contributed by atoms with E-state index in [1.54, 1.807) is 11.4 Å². The van der Waals surface area contributed by atoms with Gasteiger partial charge in [-0.1, -0.05) is 0 Å². The predicted octanol–water partition coefficient (Wildman–Crippen LogP) is 2.52. The van der Waals surface area contributed by atoms with Crippen LogP contribution < -0.4 is 4.72 Å². The number of nitrogens with one attached hydrogen (secondary N) is 1. The predicted molar refractivity (Wildman–Crippen MR) is 80.1 cm³/mol. The van der Waals surface area contributed by atoms with E-state index in [0.717, 1.165) is 0 Å². The number of thiophene rings is 1. The number of methoxy groups -OCH3 is 1. The first kappa shape index (κ1) is 15.9. The summed E-state index contributed by atoms with van der Waals surface area (Å²) < 4.78 is 32.8. The van der Waals surface area contributed by atoms with Crippen molar-refractivity contribution in [1.29, 1.82) is 0 Å². The van der Waals surface area contributed by atoms with Gasteiger partial charge in [0.05, 0.1) is 13.0 Å². The quantitative estimate of drug-likeness (QED) is 0.813. The molecule has 1 fully saturated rings. The molecule has 1 aliphatic rings. The highest BCUT2D eigenvalue weighted by Crippen LogP contribution is 2.30. The largest absolute Gasteiger partial charge is 0.469 e. The van der Waals surface area contributed by atoms with E-state index in [-0.39, 0.29) is 17.9 Å². The van der Waals surface area contributed by atoms with Crippen molar-refractivity contribution >= 4 is 43.3 Å². The van der Waals surface area contributed by atoms with E-state index in [2.05, 4.69) is 20.7 Å². The molecule has 0 bridgehead atoms. The Bertz CT molecular complexity index is 576. The maximum Gasteiger partial charge on any atom is 0.308 e. The minimum atomic E-state index is -3.49. The van der Waals surface area contributed by atoms with Gasteiger partial charge in [-0.2, -0.15) is 0 Å². The fourth-order valence-electron chi connectivity index (χ4n) is 2.36. The van der Waals surface area contributed by atoms with Gasteiger partial charge in [-0.15, -0.1) is 11.3 Å². The van der Waals surface area contributed by atoms with Gasteiger partial charge in [-0.3, -0.25) is 4.79 Å². The average Bonchev–Trinajstić information content (AvgIpc) is 2.85. The van der Waals surface area contributed by atoms with Crippen LogP contribution in [0.5, 0.6) is 0 Å². The zero-order valence-electron chi connectivity index (χ0n) is 11.0. The molecule has 1 aliphatic carbocycles. The van der Waals surface area contributed by atoms with E-state index >= 15 is 0 Å². The molecule has 1 aromatic heterocycles. The van der Waals surface area contributed by atoms with Crippen LogP contribution in [-0.2, 0) is 19.6 Å². The van der Waals surface area contributed by atoms with Crippen molar-refractivity contribution in [3.05, 3.63) is 15.9 Å². The number of hydrogen-bond donors (Lipinski definition) is 1. The fraction of sp³-hybridized carbons (Fsp3) is 0.583. The summed E-state index contributed by atoms with van der Waals surface area (Å²) >= 11 is 4.42. The van der Waals surface area contributed by atoms with Gasteiger partial charge in [0.25, 0.3) is 10.0 Å². The Kier molecular flexibility index (Phi) is 5.22. The standard InChI is InChI=1S/C12H16BrNO4S2/c1-18-11(15)8-2-4-9(5-3-8)14-20(16,17)12-10(13)6-7-19-12/h6-9,14H,2-5H2,1H3. The smallest absolute Gasteiger partial charge is 0.308 e. The summed E-state index contributed by atoms with van der Waals surface area (Å²) in [5.41, 5.74) is 0. The molecule has 0 radical (unpaired) electrons. The number of hydrogen-bond acceptors (Lipinski definition) is 5. The minimum Gasteiger partial charge on any atom is -0.469 e. The highest BCUT2D eigenvalue weighted by molar-refractivity contribution is 9.10. The summed E-state index contributed by atoms with van der Waals surface area (Å²) in [6.07, 6.45) is 2.63. The maximum absolute atomic E-state index is 12.2. The minimum absolute atomic E-state index is 0.103. The molecule has 0 atom stereocenters. The molecular formula is C12H16BrNO4S2. The SMILES string of the molecule is COC(=O)C1CCC(NS(=O)(=O)c2sccc2Br)CC1. The Morgan fingerprint density at radius 2 is 2.05 bits per heavy atom. The lowest BCUT2D eigenvalue weighted by Gasteiger charge is -2.27. The van der Waals surface area contributed by atoms with Crippen LogP contribution >= 0.6 is 27.3 Å². The normalized spacial score (nSPS) is 23.5. The Hall–Kier alpha value is -0.440. The first-order valence-corrected chi connectivity index (χ1v) is 9.43. The monoisotopic (exact) mass is 381 g/mol. The average molecular weight is 382 g/mol. The van der Waals surface area contributed by atoms with Crippen LogP contribution in [0.4, 0.5) is 0 Å². The van der Waals surface area contributed by atoms with Crippen LogP contribution in [0.1, 0.15) is 25.7 Å². The molecule has 1 heterocycles. The van der Waals surface area contributed by atoms with Crippen molar-refractivity contribution in [1.82, 2.24) is 4.72 Å². The lowest BCUT2D eigenvalue weighted by Crippen LogP contribution is -2.38. The molecule has 0 amide bonds. The van der Waals surface area contributed by atoms with Crippen LogP contribution in [0.2, 0.25) is 0 Å². The molecule has 1 aromatic rings. The summed E-state index contributed by atoms with van der Waals surface area (Å²) in [5, 5.41) is 1.73. The van der Waals surface area contributed by atoms with Crippen molar-refractivity contribution < 1.29 is 17.9 Å². The fourth-order valence-corrected chi connectivity index (χ4v) is 6.02. The number of carbonyl (C=O) groups excluding carboxylic acids is 1. The van der Waals surface area contributed by atoms with Crippen molar-refractivity contribution in [2.75, 3.05) is 7.11 Å². The van der Waals surface area contributed by atoms with E-state index in [9.17, 15) is 13.2 Å². The number of esters is 1. The van der Waals surface area contributed by atoms with E-state index in [1.165, 1.54) is 18.4 Å². The van der Waals surface area contributed by atoms with Crippen molar-refractivity contribution in [2.24, 2.45) is 5.92 Å². The lowest BCUT2D eigenvalue weighted by molar-refractivity contribution is -0.146. The van der Waals surface area contributed by atoms with Gasteiger partial charge in [0.1, 0.15) is 4.21 Å². The second-order valence-electron chi connectivity index (χ2n) is 4.75. The molecule has 112 valence electrons. The highest BCUT2D eigenvalue weighted by Gasteiger charge is 2.30. The summed E-state index contributed by atoms with van der Waals surface area (Å²) in [4.78, 5) is 11.4. The van der Waals surface area contributed by atoms with Gasteiger partial charge >= 0.3 is 5.97 Å². The molecule has 1 N–H and O–H groups in total. The molecule has 20 heavy (non-hydrogen) atoms. The first-order chi connectivity index (χ1) is 9.44. The van der Waals surface area contributed by atoms with Crippen molar-refractivity contribution in [3.63, 3.8) is 0 Å². The third-order valence-corrected chi connectivity index (χ3v) is 7.60. The summed E-state index contributed by atoms with van der Waals surface area (Å²) in [6.45, 7) is 0. The van der Waals surface area contributed by atoms with Crippen LogP contribution in [0.15, 0.2) is 20.1 Å². The van der Waals surface area contributed by atoms with Gasteiger partial charge in [0.15, 0.2) is 0 Å². The van der Waals surface area contributed by atoms with Crippen LogP contribution in [0.3, 0.4) is 0 Å². The van der Waals surface area contributed by atoms with Gasteiger partial charge < -0.3 is 4.74 Å². The Morgan fingerprint density at radius 3 is 2.55 bits per heavy atom. The van der Waals surface area contributed by atoms with Crippen LogP contribution in [0.25, 0.3) is 0 Å². The maximum atomic E-state index is 12.2. The van der Waals surface area contributed by atoms with Gasteiger partial charge in [-0.25, -0.2) is 13.1 Å². The third-order valence-electron chi connectivity index (χ3n) is 3.41. The van der Waals surface area contributed by atoms with Gasteiger partial charge in [0.2, 0.25) is 0 Å². The molecule has 0 aliphatic heterocycles. The molecule has 0 unspecified atom stereocenters. The molecular weight excluding hydrogens is 366 g/mol. The topological polar surface area (TPSA) is 72.5 Å². The number of sulfonamides is 1. The Morgan fingerprint density at radius 1 is 1.40 bits per heavy atom. The van der Waals surface area contributed by atoms with Crippen molar-refractivity contribution in [3.8, 4) is 0 Å². The summed E-state index contributed by atoms with van der Waals surface area (Å²) in [6, 6.07) is 1.60. The first-order valence-electron chi connectivity index (χ1n) is 6.27. The van der Waals surface area contributed by atoms with E-state index in [1.807, 2.05) is 0 Å². The number of ether oxygens (including phenoxy) is 1. The second-order valence-corrected chi connectivity index (χ2v) is 8.43. The lowest BCUT2D eigenvalue weighted by atomic mass is 9.86. The molecule has 0 spiro atoms. The zero-order valence-corrected chi connectivity index (χ0v) is 14.2. The highest BCUT2D eigenvalue weighted by atomic mass is 79.9. The molecule has 0 aromatic carbocycles. The Balaban J connectivity index is 1.96.